The van der Waals surface area contributed by atoms with E-state index in [4.69, 9.17) is 21.1 Å². The Labute approximate surface area is 129 Å². The number of nitrogens with zero attached hydrogens (tertiary/aromatic N) is 2. The first-order valence-corrected chi connectivity index (χ1v) is 7.31. The maximum Gasteiger partial charge on any atom is 0.408 e. The average Bonchev–Trinajstić information content (AvgIpc) is 3.10. The molecule has 1 aromatic rings. The minimum absolute atomic E-state index is 0.270. The maximum absolute atomic E-state index is 12.0. The van der Waals surface area contributed by atoms with Gasteiger partial charge in [-0.3, -0.25) is 0 Å². The second kappa shape index (κ2) is 5.67. The fourth-order valence-corrected chi connectivity index (χ4v) is 2.27. The maximum atomic E-state index is 12.0. The zero-order chi connectivity index (χ0) is 15.7. The van der Waals surface area contributed by atoms with E-state index in [0.29, 0.717) is 18.1 Å². The average molecular weight is 314 g/mol. The molecule has 1 aliphatic carbocycles. The molecule has 6 nitrogen and oxygen atoms in total. The van der Waals surface area contributed by atoms with Crippen molar-refractivity contribution in [1.29, 1.82) is 0 Å². The smallest absolute Gasteiger partial charge is 0.408 e. The van der Waals surface area contributed by atoms with Crippen LogP contribution in [-0.4, -0.2) is 28.5 Å². The van der Waals surface area contributed by atoms with Crippen LogP contribution in [0.15, 0.2) is 6.07 Å². The number of rotatable bonds is 4. The SMILES string of the molecule is CCOc1cc(C2(NC(=O)OC(C)(C)C)CC2)c(Cl)nn1. The van der Waals surface area contributed by atoms with E-state index in [1.54, 1.807) is 6.07 Å². The molecule has 0 radical (unpaired) electrons. The number of carbonyl (C=O) groups excluding carboxylic acids is 1. The second-order valence-electron chi connectivity index (χ2n) is 6.03. The molecular formula is C14H20ClN3O3. The Morgan fingerprint density at radius 3 is 2.62 bits per heavy atom. The van der Waals surface area contributed by atoms with Crippen molar-refractivity contribution in [3.05, 3.63) is 16.8 Å². The van der Waals surface area contributed by atoms with Crippen LogP contribution in [0, 0.1) is 0 Å². The molecule has 0 saturated heterocycles. The molecule has 0 aliphatic heterocycles. The van der Waals surface area contributed by atoms with Crippen molar-refractivity contribution in [2.75, 3.05) is 6.61 Å². The lowest BCUT2D eigenvalue weighted by Crippen LogP contribution is -2.39. The molecule has 0 aromatic carbocycles. The van der Waals surface area contributed by atoms with Crippen molar-refractivity contribution in [2.45, 2.75) is 51.7 Å². The molecule has 1 N–H and O–H groups in total. The summed E-state index contributed by atoms with van der Waals surface area (Å²) in [5.41, 5.74) is -0.355. The number of amides is 1. The van der Waals surface area contributed by atoms with E-state index in [9.17, 15) is 4.79 Å². The molecule has 1 saturated carbocycles. The van der Waals surface area contributed by atoms with Crippen LogP contribution < -0.4 is 10.1 Å². The molecule has 1 aliphatic rings. The highest BCUT2D eigenvalue weighted by atomic mass is 35.5. The Bertz CT molecular complexity index is 539. The molecule has 2 rings (SSSR count). The van der Waals surface area contributed by atoms with Gasteiger partial charge in [0, 0.05) is 11.6 Å². The van der Waals surface area contributed by atoms with Crippen molar-refractivity contribution in [1.82, 2.24) is 15.5 Å². The number of hydrogen-bond acceptors (Lipinski definition) is 5. The van der Waals surface area contributed by atoms with Crippen molar-refractivity contribution in [2.24, 2.45) is 0 Å². The summed E-state index contributed by atoms with van der Waals surface area (Å²) >= 11 is 6.12. The second-order valence-corrected chi connectivity index (χ2v) is 6.39. The highest BCUT2D eigenvalue weighted by Gasteiger charge is 2.48. The zero-order valence-corrected chi connectivity index (χ0v) is 13.5. The third-order valence-electron chi connectivity index (χ3n) is 3.02. The number of ether oxygens (including phenoxy) is 2. The Morgan fingerprint density at radius 2 is 2.10 bits per heavy atom. The summed E-state index contributed by atoms with van der Waals surface area (Å²) in [5.74, 6) is 0.397. The standard InChI is InChI=1S/C14H20ClN3O3/c1-5-20-10-8-9(11(15)18-17-10)14(6-7-14)16-12(19)21-13(2,3)4/h8H,5-7H2,1-4H3,(H,16,19). The first-order chi connectivity index (χ1) is 9.76. The van der Waals surface area contributed by atoms with Crippen molar-refractivity contribution < 1.29 is 14.3 Å². The van der Waals surface area contributed by atoms with Crippen LogP contribution >= 0.6 is 11.6 Å². The van der Waals surface area contributed by atoms with Crippen LogP contribution in [0.25, 0.3) is 0 Å². The molecule has 1 amide bonds. The minimum atomic E-state index is -0.545. The lowest BCUT2D eigenvalue weighted by Gasteiger charge is -2.24. The van der Waals surface area contributed by atoms with Gasteiger partial charge >= 0.3 is 6.09 Å². The first-order valence-electron chi connectivity index (χ1n) is 6.93. The minimum Gasteiger partial charge on any atom is -0.477 e. The molecule has 7 heteroatoms. The predicted molar refractivity (Wildman–Crippen MR) is 78.5 cm³/mol. The lowest BCUT2D eigenvalue weighted by molar-refractivity contribution is 0.0495. The van der Waals surface area contributed by atoms with Crippen LogP contribution in [0.2, 0.25) is 5.15 Å². The van der Waals surface area contributed by atoms with Gasteiger partial charge in [0.2, 0.25) is 5.88 Å². The summed E-state index contributed by atoms with van der Waals surface area (Å²) in [5, 5.41) is 10.9. The van der Waals surface area contributed by atoms with Crippen LogP contribution in [0.3, 0.4) is 0 Å². The predicted octanol–water partition coefficient (Wildman–Crippen LogP) is 3.04. The van der Waals surface area contributed by atoms with Crippen molar-refractivity contribution in [3.63, 3.8) is 0 Å². The van der Waals surface area contributed by atoms with Crippen LogP contribution in [0.5, 0.6) is 5.88 Å². The molecule has 1 aromatic heterocycles. The van der Waals surface area contributed by atoms with E-state index in [2.05, 4.69) is 15.5 Å². The van der Waals surface area contributed by atoms with E-state index < -0.39 is 17.2 Å². The number of carbonyl (C=O) groups is 1. The molecule has 0 atom stereocenters. The van der Waals surface area contributed by atoms with Gasteiger partial charge in [-0.05, 0) is 40.5 Å². The summed E-state index contributed by atoms with van der Waals surface area (Å²) < 4.78 is 10.6. The van der Waals surface area contributed by atoms with Crippen molar-refractivity contribution in [3.8, 4) is 5.88 Å². The zero-order valence-electron chi connectivity index (χ0n) is 12.7. The lowest BCUT2D eigenvalue weighted by atomic mass is 10.1. The number of halogens is 1. The van der Waals surface area contributed by atoms with E-state index >= 15 is 0 Å². The van der Waals surface area contributed by atoms with Gasteiger partial charge in [0.05, 0.1) is 12.1 Å². The number of nitrogens with one attached hydrogen (secondary N) is 1. The van der Waals surface area contributed by atoms with Crippen LogP contribution in [-0.2, 0) is 10.3 Å². The molecule has 1 heterocycles. The number of alkyl carbamates (subject to hydrolysis) is 1. The molecule has 116 valence electrons. The third-order valence-corrected chi connectivity index (χ3v) is 3.30. The van der Waals surface area contributed by atoms with Gasteiger partial charge < -0.3 is 14.8 Å². The highest BCUT2D eigenvalue weighted by molar-refractivity contribution is 6.30. The summed E-state index contributed by atoms with van der Waals surface area (Å²) in [7, 11) is 0. The van der Waals surface area contributed by atoms with Crippen LogP contribution in [0.1, 0.15) is 46.1 Å². The first kappa shape index (κ1) is 15.8. The van der Waals surface area contributed by atoms with E-state index in [-0.39, 0.29) is 5.15 Å². The third kappa shape index (κ3) is 3.97. The summed E-state index contributed by atoms with van der Waals surface area (Å²) in [4.78, 5) is 12.0. The Kier molecular flexibility index (Phi) is 4.27. The van der Waals surface area contributed by atoms with Gasteiger partial charge in [0.15, 0.2) is 5.15 Å². The largest absolute Gasteiger partial charge is 0.477 e. The van der Waals surface area contributed by atoms with E-state index in [0.717, 1.165) is 12.8 Å². The topological polar surface area (TPSA) is 73.3 Å². The number of aromatic nitrogens is 2. The Balaban J connectivity index is 2.16. The summed E-state index contributed by atoms with van der Waals surface area (Å²) in [6.07, 6.45) is 1.10. The molecule has 0 bridgehead atoms. The van der Waals surface area contributed by atoms with Crippen LogP contribution in [0.4, 0.5) is 4.79 Å². The summed E-state index contributed by atoms with van der Waals surface area (Å²) in [6.45, 7) is 7.81. The van der Waals surface area contributed by atoms with E-state index in [1.165, 1.54) is 0 Å². The van der Waals surface area contributed by atoms with Crippen molar-refractivity contribution >= 4 is 17.7 Å². The van der Waals surface area contributed by atoms with E-state index in [1.807, 2.05) is 27.7 Å². The molecule has 1 fully saturated rings. The molecule has 0 unspecified atom stereocenters. The normalized spacial score (nSPS) is 16.2. The summed E-state index contributed by atoms with van der Waals surface area (Å²) in [6, 6.07) is 1.73. The van der Waals surface area contributed by atoms with Gasteiger partial charge in [0.25, 0.3) is 0 Å². The fraction of sp³-hybridized carbons (Fsp3) is 0.643. The van der Waals surface area contributed by atoms with Gasteiger partial charge in [-0.2, -0.15) is 0 Å². The van der Waals surface area contributed by atoms with Gasteiger partial charge in [-0.25, -0.2) is 4.79 Å². The Hall–Kier alpha value is -1.56. The van der Waals surface area contributed by atoms with Gasteiger partial charge in [0.1, 0.15) is 5.60 Å². The Morgan fingerprint density at radius 1 is 1.43 bits per heavy atom. The monoisotopic (exact) mass is 313 g/mol. The highest BCUT2D eigenvalue weighted by Crippen LogP contribution is 2.48. The molecular weight excluding hydrogens is 294 g/mol. The van der Waals surface area contributed by atoms with Gasteiger partial charge in [-0.1, -0.05) is 11.6 Å². The molecule has 21 heavy (non-hydrogen) atoms. The fourth-order valence-electron chi connectivity index (χ4n) is 2.00. The van der Waals surface area contributed by atoms with Gasteiger partial charge in [-0.15, -0.1) is 10.2 Å². The molecule has 0 spiro atoms. The number of hydrogen-bond donors (Lipinski definition) is 1. The quantitative estimate of drug-likeness (QED) is 0.925.